The number of nitrogen functional groups attached to an aromatic ring is 1. The van der Waals surface area contributed by atoms with Gasteiger partial charge in [0.2, 0.25) is 0 Å². The number of alkyl halides is 3. The van der Waals surface area contributed by atoms with Crippen LogP contribution in [0.2, 0.25) is 0 Å². The van der Waals surface area contributed by atoms with Crippen LogP contribution in [-0.4, -0.2) is 10.9 Å². The summed E-state index contributed by atoms with van der Waals surface area (Å²) in [5.74, 6) is 0.542. The molecule has 6 heteroatoms. The highest BCUT2D eigenvalue weighted by atomic mass is 32.2. The molecule has 2 nitrogen and oxygen atoms in total. The van der Waals surface area contributed by atoms with Crippen LogP contribution in [0.4, 0.5) is 18.9 Å². The Morgan fingerprint density at radius 1 is 1.42 bits per heavy atom. The second-order valence-corrected chi connectivity index (χ2v) is 5.11. The largest absolute Gasteiger partial charge is 0.417 e. The van der Waals surface area contributed by atoms with Crippen LogP contribution in [0.3, 0.4) is 0 Å². The van der Waals surface area contributed by atoms with Crippen LogP contribution in [0.15, 0.2) is 24.3 Å². The average Bonchev–Trinajstić information content (AvgIpc) is 2.28. The molecular formula is C13H14F3NOS. The number of hydrogen-bond acceptors (Lipinski definition) is 3. The number of thioether (sulfide) groups is 1. The summed E-state index contributed by atoms with van der Waals surface area (Å²) in [7, 11) is 0. The Kier molecular flexibility index (Phi) is 5.47. The van der Waals surface area contributed by atoms with E-state index in [9.17, 15) is 18.0 Å². The molecule has 0 saturated carbocycles. The molecule has 19 heavy (non-hydrogen) atoms. The van der Waals surface area contributed by atoms with Crippen molar-refractivity contribution >= 4 is 28.6 Å². The standard InChI is InChI=1S/C13H14F3NOS/c1-9(18)19-8-3-2-5-10-11(13(14,15)16)6-4-7-12(10)17/h2,4-7H,3,8,17H2,1H3. The van der Waals surface area contributed by atoms with Gasteiger partial charge < -0.3 is 5.73 Å². The number of allylic oxidation sites excluding steroid dienone is 1. The summed E-state index contributed by atoms with van der Waals surface area (Å²) >= 11 is 1.14. The van der Waals surface area contributed by atoms with E-state index in [2.05, 4.69) is 0 Å². The number of halogens is 3. The van der Waals surface area contributed by atoms with Gasteiger partial charge in [-0.2, -0.15) is 13.2 Å². The number of benzene rings is 1. The quantitative estimate of drug-likeness (QED) is 0.673. The Hall–Kier alpha value is -1.43. The lowest BCUT2D eigenvalue weighted by atomic mass is 10.0. The van der Waals surface area contributed by atoms with Gasteiger partial charge in [0.25, 0.3) is 0 Å². The van der Waals surface area contributed by atoms with E-state index in [1.807, 2.05) is 0 Å². The summed E-state index contributed by atoms with van der Waals surface area (Å²) in [5.41, 5.74) is 4.89. The van der Waals surface area contributed by atoms with Gasteiger partial charge in [0.1, 0.15) is 0 Å². The minimum absolute atomic E-state index is 0.0106. The first-order valence-corrected chi connectivity index (χ1v) is 6.56. The molecule has 0 unspecified atom stereocenters. The maximum absolute atomic E-state index is 12.8. The third-order valence-electron chi connectivity index (χ3n) is 2.32. The lowest BCUT2D eigenvalue weighted by Crippen LogP contribution is -2.08. The highest BCUT2D eigenvalue weighted by Crippen LogP contribution is 2.34. The zero-order valence-electron chi connectivity index (χ0n) is 10.3. The summed E-state index contributed by atoms with van der Waals surface area (Å²) in [6.07, 6.45) is -0.963. The van der Waals surface area contributed by atoms with E-state index in [1.165, 1.54) is 25.1 Å². The lowest BCUT2D eigenvalue weighted by molar-refractivity contribution is -0.137. The Morgan fingerprint density at radius 3 is 2.68 bits per heavy atom. The van der Waals surface area contributed by atoms with Gasteiger partial charge in [-0.1, -0.05) is 30.0 Å². The van der Waals surface area contributed by atoms with Gasteiger partial charge >= 0.3 is 6.18 Å². The van der Waals surface area contributed by atoms with Gasteiger partial charge in [0.05, 0.1) is 5.56 Å². The van der Waals surface area contributed by atoms with Gasteiger partial charge in [0.15, 0.2) is 5.12 Å². The first-order chi connectivity index (χ1) is 8.82. The maximum Gasteiger partial charge on any atom is 0.417 e. The van der Waals surface area contributed by atoms with Crippen molar-refractivity contribution < 1.29 is 18.0 Å². The predicted octanol–water partition coefficient (Wildman–Crippen LogP) is 3.97. The van der Waals surface area contributed by atoms with Crippen LogP contribution in [0.25, 0.3) is 6.08 Å². The minimum atomic E-state index is -4.43. The van der Waals surface area contributed by atoms with Gasteiger partial charge in [0, 0.05) is 23.9 Å². The summed E-state index contributed by atoms with van der Waals surface area (Å²) in [5, 5.41) is -0.0106. The van der Waals surface area contributed by atoms with E-state index in [0.29, 0.717) is 12.2 Å². The fraction of sp³-hybridized carbons (Fsp3) is 0.308. The molecule has 0 spiro atoms. The second-order valence-electron chi connectivity index (χ2n) is 3.84. The molecule has 1 aromatic carbocycles. The van der Waals surface area contributed by atoms with Crippen LogP contribution in [0.5, 0.6) is 0 Å². The molecule has 2 N–H and O–H groups in total. The maximum atomic E-state index is 12.8. The minimum Gasteiger partial charge on any atom is -0.398 e. The first kappa shape index (κ1) is 15.6. The van der Waals surface area contributed by atoms with Crippen molar-refractivity contribution in [1.29, 1.82) is 0 Å². The molecular weight excluding hydrogens is 275 g/mol. The van der Waals surface area contributed by atoms with Crippen LogP contribution in [-0.2, 0) is 11.0 Å². The topological polar surface area (TPSA) is 43.1 Å². The molecule has 0 aliphatic carbocycles. The third kappa shape index (κ3) is 4.98. The Morgan fingerprint density at radius 2 is 2.11 bits per heavy atom. The van der Waals surface area contributed by atoms with Crippen molar-refractivity contribution in [3.63, 3.8) is 0 Å². The van der Waals surface area contributed by atoms with Crippen LogP contribution in [0, 0.1) is 0 Å². The predicted molar refractivity (Wildman–Crippen MR) is 72.6 cm³/mol. The van der Waals surface area contributed by atoms with Crippen molar-refractivity contribution in [2.75, 3.05) is 11.5 Å². The van der Waals surface area contributed by atoms with Crippen molar-refractivity contribution in [1.82, 2.24) is 0 Å². The number of rotatable bonds is 4. The zero-order valence-corrected chi connectivity index (χ0v) is 11.1. The van der Waals surface area contributed by atoms with Crippen LogP contribution in [0.1, 0.15) is 24.5 Å². The number of hydrogen-bond donors (Lipinski definition) is 1. The normalized spacial score (nSPS) is 12.0. The van der Waals surface area contributed by atoms with E-state index in [4.69, 9.17) is 5.73 Å². The zero-order chi connectivity index (χ0) is 14.5. The van der Waals surface area contributed by atoms with E-state index in [0.717, 1.165) is 17.8 Å². The van der Waals surface area contributed by atoms with Crippen molar-refractivity contribution in [2.45, 2.75) is 19.5 Å². The molecule has 0 radical (unpaired) electrons. The smallest absolute Gasteiger partial charge is 0.398 e. The molecule has 0 aliphatic heterocycles. The van der Waals surface area contributed by atoms with E-state index >= 15 is 0 Å². The number of anilines is 1. The molecule has 0 bridgehead atoms. The van der Waals surface area contributed by atoms with E-state index < -0.39 is 11.7 Å². The number of carbonyl (C=O) groups excluding carboxylic acids is 1. The van der Waals surface area contributed by atoms with Crippen LogP contribution >= 0.6 is 11.8 Å². The fourth-order valence-corrected chi connectivity index (χ4v) is 2.03. The fourth-order valence-electron chi connectivity index (χ4n) is 1.49. The average molecular weight is 289 g/mol. The van der Waals surface area contributed by atoms with E-state index in [-0.39, 0.29) is 16.4 Å². The molecule has 1 aromatic rings. The van der Waals surface area contributed by atoms with Crippen molar-refractivity contribution in [2.24, 2.45) is 0 Å². The Labute approximate surface area is 113 Å². The summed E-state index contributed by atoms with van der Waals surface area (Å²) < 4.78 is 38.3. The number of carbonyl (C=O) groups is 1. The van der Waals surface area contributed by atoms with E-state index in [1.54, 1.807) is 6.08 Å². The molecule has 0 atom stereocenters. The molecule has 0 aliphatic rings. The highest BCUT2D eigenvalue weighted by Gasteiger charge is 2.33. The monoisotopic (exact) mass is 289 g/mol. The van der Waals surface area contributed by atoms with Gasteiger partial charge in [-0.05, 0) is 18.6 Å². The highest BCUT2D eigenvalue weighted by molar-refractivity contribution is 8.13. The molecule has 0 heterocycles. The molecule has 104 valence electrons. The first-order valence-electron chi connectivity index (χ1n) is 5.58. The summed E-state index contributed by atoms with van der Waals surface area (Å²) in [4.78, 5) is 10.7. The van der Waals surface area contributed by atoms with Gasteiger partial charge in [-0.15, -0.1) is 0 Å². The Balaban J connectivity index is 2.82. The van der Waals surface area contributed by atoms with Crippen molar-refractivity contribution in [3.05, 3.63) is 35.4 Å². The Bertz CT molecular complexity index is 483. The second kappa shape index (κ2) is 6.65. The molecule has 0 saturated heterocycles. The molecule has 0 fully saturated rings. The molecule has 0 amide bonds. The lowest BCUT2D eigenvalue weighted by Gasteiger charge is -2.12. The summed E-state index contributed by atoms with van der Waals surface area (Å²) in [6.45, 7) is 1.45. The van der Waals surface area contributed by atoms with Gasteiger partial charge in [-0.25, -0.2) is 0 Å². The van der Waals surface area contributed by atoms with Crippen molar-refractivity contribution in [3.8, 4) is 0 Å². The van der Waals surface area contributed by atoms with Gasteiger partial charge in [-0.3, -0.25) is 4.79 Å². The van der Waals surface area contributed by atoms with Crippen LogP contribution < -0.4 is 5.73 Å². The SMILES string of the molecule is CC(=O)SCCC=Cc1c(N)cccc1C(F)(F)F. The molecule has 0 aromatic heterocycles. The summed E-state index contributed by atoms with van der Waals surface area (Å²) in [6, 6.07) is 3.71. The third-order valence-corrected chi connectivity index (χ3v) is 3.17. The molecule has 1 rings (SSSR count). The number of nitrogens with two attached hydrogens (primary N) is 1.